The Balaban J connectivity index is 1.59. The van der Waals surface area contributed by atoms with Crippen molar-refractivity contribution in [2.45, 2.75) is 18.9 Å². The largest absolute Gasteiger partial charge is 0.378 e. The number of nitrogens with zero attached hydrogens (tertiary/aromatic N) is 2. The molecular weight excluding hydrogens is 390 g/mol. The molecule has 0 aliphatic carbocycles. The fourth-order valence-corrected chi connectivity index (χ4v) is 4.20. The van der Waals surface area contributed by atoms with Gasteiger partial charge in [-0.25, -0.2) is 4.79 Å². The first kappa shape index (κ1) is 20.9. The lowest BCUT2D eigenvalue weighted by atomic mass is 9.90. The van der Waals surface area contributed by atoms with E-state index in [2.05, 4.69) is 57.8 Å². The van der Waals surface area contributed by atoms with E-state index < -0.39 is 0 Å². The first-order valence-electron chi connectivity index (χ1n) is 10.7. The number of nitrogens with two attached hydrogens (primary N) is 1. The summed E-state index contributed by atoms with van der Waals surface area (Å²) in [5.74, 6) is -0.0364. The maximum absolute atomic E-state index is 12.7. The lowest BCUT2D eigenvalue weighted by Gasteiger charge is -2.21. The molecule has 1 fully saturated rings. The van der Waals surface area contributed by atoms with Crippen LogP contribution in [0.3, 0.4) is 0 Å². The van der Waals surface area contributed by atoms with Gasteiger partial charge in [0.05, 0.1) is 12.5 Å². The second-order valence-corrected chi connectivity index (χ2v) is 8.31. The van der Waals surface area contributed by atoms with Gasteiger partial charge in [0.2, 0.25) is 0 Å². The van der Waals surface area contributed by atoms with Crippen LogP contribution >= 0.6 is 0 Å². The number of benzene rings is 2. The van der Waals surface area contributed by atoms with Gasteiger partial charge in [0.1, 0.15) is 0 Å². The van der Waals surface area contributed by atoms with Crippen molar-refractivity contribution in [3.63, 3.8) is 0 Å². The zero-order chi connectivity index (χ0) is 22.0. The van der Waals surface area contributed by atoms with Crippen LogP contribution in [0.2, 0.25) is 0 Å². The van der Waals surface area contributed by atoms with Gasteiger partial charge < -0.3 is 20.5 Å². The molecule has 4 rings (SSSR count). The number of para-hydroxylation sites is 1. The average Bonchev–Trinajstić information content (AvgIpc) is 3.40. The van der Waals surface area contributed by atoms with Crippen LogP contribution < -0.4 is 15.5 Å². The van der Waals surface area contributed by atoms with Gasteiger partial charge in [0.25, 0.3) is 5.91 Å². The number of urea groups is 1. The predicted molar refractivity (Wildman–Crippen MR) is 122 cm³/mol. The molecule has 2 atom stereocenters. The summed E-state index contributed by atoms with van der Waals surface area (Å²) >= 11 is 0. The van der Waals surface area contributed by atoms with Gasteiger partial charge in [-0.1, -0.05) is 30.3 Å². The molecule has 2 heterocycles. The highest BCUT2D eigenvalue weighted by Gasteiger charge is 2.32. The number of hydrogen-bond donors (Lipinski definition) is 3. The maximum Gasteiger partial charge on any atom is 0.324 e. The Bertz CT molecular complexity index is 1070. The van der Waals surface area contributed by atoms with E-state index in [4.69, 9.17) is 0 Å². The number of nitrogens with one attached hydrogen (secondary N) is 2. The fourth-order valence-electron chi connectivity index (χ4n) is 4.20. The summed E-state index contributed by atoms with van der Waals surface area (Å²) < 4.78 is 0. The highest BCUT2D eigenvalue weighted by molar-refractivity contribution is 5.97. The molecule has 7 nitrogen and oxygen atoms in total. The molecule has 1 aromatic heterocycles. The number of fused-ring (bicyclic) bond motifs is 1. The van der Waals surface area contributed by atoms with Crippen LogP contribution in [0.4, 0.5) is 10.5 Å². The smallest absolute Gasteiger partial charge is 0.324 e. The standard InChI is InChI=1S/C24H29N5O2/c1-16(23(30)29-13-12-25-24(29)31)26-14-20(17-8-10-18(11-9-17)28(2)3)21-15-27-22-7-5-4-6-19(21)22/h4-11,15-16,20,26-27H,12-14H2,1-3H3,(H,25,31)/p+1/t16-,20-/m0/s1. The molecule has 0 radical (unpaired) electrons. The molecule has 3 amide bonds. The van der Waals surface area contributed by atoms with Gasteiger partial charge in [-0.2, -0.15) is 0 Å². The number of amides is 3. The number of imide groups is 1. The van der Waals surface area contributed by atoms with Crippen molar-refractivity contribution in [1.82, 2.24) is 15.2 Å². The van der Waals surface area contributed by atoms with Crippen molar-refractivity contribution in [2.75, 3.05) is 38.6 Å². The van der Waals surface area contributed by atoms with Crippen LogP contribution in [0, 0.1) is 0 Å². The van der Waals surface area contributed by atoms with Gasteiger partial charge >= 0.3 is 6.03 Å². The molecule has 162 valence electrons. The number of carbonyl (C=O) groups excluding carboxylic acids is 2. The topological polar surface area (TPSA) is 85.1 Å². The van der Waals surface area contributed by atoms with Crippen molar-refractivity contribution in [1.29, 1.82) is 0 Å². The quantitative estimate of drug-likeness (QED) is 0.546. The number of aromatic nitrogens is 1. The monoisotopic (exact) mass is 420 g/mol. The van der Waals surface area contributed by atoms with Crippen LogP contribution in [0.5, 0.6) is 0 Å². The highest BCUT2D eigenvalue weighted by atomic mass is 16.2. The molecular formula is C24H30N5O2+. The third-order valence-corrected chi connectivity index (χ3v) is 6.05. The SMILES string of the molecule is C[C@H]([NH2+]C[C@@H](c1ccc(N(C)C)cc1)c1c[nH]c2ccccc12)C(=O)N1CCNC1=O. The summed E-state index contributed by atoms with van der Waals surface area (Å²) in [5, 5.41) is 5.93. The normalized spacial score (nSPS) is 15.7. The molecule has 7 heteroatoms. The lowest BCUT2D eigenvalue weighted by Crippen LogP contribution is -2.92. The molecule has 1 aliphatic rings. The van der Waals surface area contributed by atoms with Gasteiger partial charge in [0.15, 0.2) is 6.04 Å². The van der Waals surface area contributed by atoms with Gasteiger partial charge in [-0.15, -0.1) is 0 Å². The molecule has 0 bridgehead atoms. The Morgan fingerprint density at radius 2 is 1.90 bits per heavy atom. The summed E-state index contributed by atoms with van der Waals surface area (Å²) in [6.45, 7) is 3.53. The van der Waals surface area contributed by atoms with Crippen molar-refractivity contribution in [2.24, 2.45) is 0 Å². The molecule has 4 N–H and O–H groups in total. The summed E-state index contributed by atoms with van der Waals surface area (Å²) in [6, 6.07) is 16.2. The molecule has 2 aromatic carbocycles. The molecule has 1 aliphatic heterocycles. The lowest BCUT2D eigenvalue weighted by molar-refractivity contribution is -0.675. The molecule has 3 aromatic rings. The number of carbonyl (C=O) groups is 2. The van der Waals surface area contributed by atoms with E-state index in [0.717, 1.165) is 11.2 Å². The number of hydrogen-bond acceptors (Lipinski definition) is 3. The number of rotatable bonds is 7. The highest BCUT2D eigenvalue weighted by Crippen LogP contribution is 2.30. The first-order chi connectivity index (χ1) is 15.0. The van der Waals surface area contributed by atoms with E-state index in [-0.39, 0.29) is 23.9 Å². The van der Waals surface area contributed by atoms with E-state index >= 15 is 0 Å². The third kappa shape index (κ3) is 4.27. The second kappa shape index (κ2) is 8.81. The van der Waals surface area contributed by atoms with Crippen molar-refractivity contribution < 1.29 is 14.9 Å². The van der Waals surface area contributed by atoms with Crippen LogP contribution in [-0.2, 0) is 4.79 Å². The van der Waals surface area contributed by atoms with Crippen LogP contribution in [0.1, 0.15) is 24.0 Å². The Morgan fingerprint density at radius 3 is 2.58 bits per heavy atom. The Hall–Kier alpha value is -3.32. The van der Waals surface area contributed by atoms with Gasteiger partial charge in [-0.3, -0.25) is 9.69 Å². The summed E-state index contributed by atoms with van der Waals surface area (Å²) in [5.41, 5.74) is 4.66. The van der Waals surface area contributed by atoms with Crippen LogP contribution in [-0.4, -0.2) is 61.6 Å². The number of H-pyrrole nitrogens is 1. The number of anilines is 1. The molecule has 0 spiro atoms. The summed E-state index contributed by atoms with van der Waals surface area (Å²) in [7, 11) is 4.06. The van der Waals surface area contributed by atoms with Crippen LogP contribution in [0.25, 0.3) is 10.9 Å². The first-order valence-corrected chi connectivity index (χ1v) is 10.7. The Labute approximate surface area is 182 Å². The molecule has 0 unspecified atom stereocenters. The van der Waals surface area contributed by atoms with Gasteiger partial charge in [0, 0.05) is 50.0 Å². The zero-order valence-corrected chi connectivity index (χ0v) is 18.3. The van der Waals surface area contributed by atoms with Crippen molar-refractivity contribution >= 4 is 28.5 Å². The minimum absolute atomic E-state index is 0.106. The number of quaternary nitrogens is 1. The second-order valence-electron chi connectivity index (χ2n) is 8.31. The summed E-state index contributed by atoms with van der Waals surface area (Å²) in [4.78, 5) is 31.4. The van der Waals surface area contributed by atoms with E-state index in [0.29, 0.717) is 19.6 Å². The van der Waals surface area contributed by atoms with Crippen LogP contribution in [0.15, 0.2) is 54.7 Å². The molecule has 0 saturated carbocycles. The molecule has 31 heavy (non-hydrogen) atoms. The van der Waals surface area contributed by atoms with E-state index in [1.54, 1.807) is 0 Å². The van der Waals surface area contributed by atoms with E-state index in [1.807, 2.05) is 38.5 Å². The fraction of sp³-hybridized carbons (Fsp3) is 0.333. The minimum atomic E-state index is -0.336. The number of aromatic amines is 1. The zero-order valence-electron chi connectivity index (χ0n) is 18.3. The van der Waals surface area contributed by atoms with E-state index in [1.165, 1.54) is 21.4 Å². The maximum atomic E-state index is 12.7. The molecule has 1 saturated heterocycles. The Morgan fingerprint density at radius 1 is 1.16 bits per heavy atom. The van der Waals surface area contributed by atoms with E-state index in [9.17, 15) is 9.59 Å². The summed E-state index contributed by atoms with van der Waals surface area (Å²) in [6.07, 6.45) is 2.07. The minimum Gasteiger partial charge on any atom is -0.378 e. The predicted octanol–water partition coefficient (Wildman–Crippen LogP) is 1.87. The Kier molecular flexibility index (Phi) is 5.95. The van der Waals surface area contributed by atoms with Gasteiger partial charge in [-0.05, 0) is 36.2 Å². The van der Waals surface area contributed by atoms with Crippen molar-refractivity contribution in [3.8, 4) is 0 Å². The average molecular weight is 421 g/mol. The van der Waals surface area contributed by atoms with Crippen molar-refractivity contribution in [3.05, 3.63) is 65.9 Å². The third-order valence-electron chi connectivity index (χ3n) is 6.05.